The Bertz CT molecular complexity index is 1490. The maximum Gasteiger partial charge on any atom is 0.167 e. The van der Waals surface area contributed by atoms with E-state index in [0.29, 0.717) is 34.9 Å². The molecule has 6 rings (SSSR count). The van der Waals surface area contributed by atoms with Gasteiger partial charge in [-0.3, -0.25) is 0 Å². The van der Waals surface area contributed by atoms with Crippen molar-refractivity contribution >= 4 is 0 Å². The maximum absolute atomic E-state index is 10.6. The first-order valence-electron chi connectivity index (χ1n) is 13.4. The van der Waals surface area contributed by atoms with Gasteiger partial charge in [0.15, 0.2) is 17.5 Å². The van der Waals surface area contributed by atoms with Gasteiger partial charge in [0.1, 0.15) is 11.5 Å². The summed E-state index contributed by atoms with van der Waals surface area (Å²) < 4.78 is 0. The van der Waals surface area contributed by atoms with Crippen molar-refractivity contribution in [1.82, 2.24) is 15.0 Å². The van der Waals surface area contributed by atoms with Crippen molar-refractivity contribution in [2.45, 2.75) is 50.4 Å². The first kappa shape index (κ1) is 24.1. The number of nitrogens with zero attached hydrogens (tertiary/aromatic N) is 3. The molecular formula is C33H31N3O2. The smallest absolute Gasteiger partial charge is 0.167 e. The van der Waals surface area contributed by atoms with Crippen LogP contribution in [0.3, 0.4) is 0 Å². The van der Waals surface area contributed by atoms with Gasteiger partial charge in [0, 0.05) is 23.1 Å². The van der Waals surface area contributed by atoms with E-state index in [0.717, 1.165) is 30.4 Å². The number of benzene rings is 3. The largest absolute Gasteiger partial charge is 0.508 e. The lowest BCUT2D eigenvalue weighted by atomic mass is 9.87. The molecule has 1 aromatic heterocycles. The molecular weight excluding hydrogens is 470 g/mol. The van der Waals surface area contributed by atoms with E-state index in [-0.39, 0.29) is 11.5 Å². The van der Waals surface area contributed by atoms with Gasteiger partial charge in [-0.15, -0.1) is 0 Å². The van der Waals surface area contributed by atoms with Crippen LogP contribution in [0.4, 0.5) is 0 Å². The Labute approximate surface area is 223 Å². The molecule has 0 amide bonds. The molecule has 2 atom stereocenters. The van der Waals surface area contributed by atoms with Gasteiger partial charge < -0.3 is 10.2 Å². The molecule has 2 N–H and O–H groups in total. The summed E-state index contributed by atoms with van der Waals surface area (Å²) in [5.41, 5.74) is 4.86. The highest BCUT2D eigenvalue weighted by Crippen LogP contribution is 2.34. The predicted molar refractivity (Wildman–Crippen MR) is 151 cm³/mol. The lowest BCUT2D eigenvalue weighted by Crippen LogP contribution is -2.03. The topological polar surface area (TPSA) is 79.1 Å². The molecule has 2 unspecified atom stereocenters. The molecule has 5 nitrogen and oxygen atoms in total. The van der Waals surface area contributed by atoms with Crippen LogP contribution in [0.1, 0.15) is 61.5 Å². The number of phenolic OH excluding ortho intramolecular Hbond substituents is 2. The van der Waals surface area contributed by atoms with Gasteiger partial charge in [0.25, 0.3) is 0 Å². The molecule has 0 spiro atoms. The number of phenols is 2. The Balaban J connectivity index is 1.39. The van der Waals surface area contributed by atoms with Gasteiger partial charge in [-0.25, -0.2) is 15.0 Å². The van der Waals surface area contributed by atoms with Crippen LogP contribution in [0.25, 0.3) is 34.2 Å². The van der Waals surface area contributed by atoms with E-state index >= 15 is 0 Å². The molecule has 0 saturated heterocycles. The third-order valence-corrected chi connectivity index (χ3v) is 7.62. The summed E-state index contributed by atoms with van der Waals surface area (Å²) in [5, 5.41) is 20.4. The van der Waals surface area contributed by atoms with E-state index in [4.69, 9.17) is 15.0 Å². The predicted octanol–water partition coefficient (Wildman–Crippen LogP) is 7.93. The van der Waals surface area contributed by atoms with E-state index in [9.17, 15) is 10.2 Å². The number of rotatable bonds is 5. The zero-order chi connectivity index (χ0) is 25.9. The molecule has 0 fully saturated rings. The standard InChI is InChI=1S/C33H31N3O2/c37-28-19-20-29(30(38)21-28)33-35-31(26-15-11-24(12-16-26)22-7-3-1-4-8-22)34-32(36-33)27-17-13-25(14-18-27)23-9-5-2-6-10-23/h1,3,5,9,11-23,37-38H,2,4,6-8,10H2. The summed E-state index contributed by atoms with van der Waals surface area (Å²) in [5.74, 6) is 2.37. The fraction of sp³-hybridized carbons (Fsp3) is 0.242. The summed E-state index contributed by atoms with van der Waals surface area (Å²) in [4.78, 5) is 14.3. The van der Waals surface area contributed by atoms with Crippen LogP contribution in [0.15, 0.2) is 91.0 Å². The van der Waals surface area contributed by atoms with Crippen LogP contribution in [-0.2, 0) is 0 Å². The van der Waals surface area contributed by atoms with Gasteiger partial charge in [-0.05, 0) is 67.7 Å². The minimum Gasteiger partial charge on any atom is -0.508 e. The SMILES string of the molecule is Oc1ccc(-c2nc(-c3ccc(C4C=CCCC4)cc3)nc(-c3ccc(C4CC=CCC4)cc3)n2)c(O)c1. The van der Waals surface area contributed by atoms with Crippen molar-refractivity contribution in [1.29, 1.82) is 0 Å². The molecule has 0 saturated carbocycles. The highest BCUT2D eigenvalue weighted by Gasteiger charge is 2.17. The Kier molecular flexibility index (Phi) is 6.74. The zero-order valence-electron chi connectivity index (χ0n) is 21.3. The molecule has 3 aromatic carbocycles. The van der Waals surface area contributed by atoms with E-state index < -0.39 is 0 Å². The molecule has 0 bridgehead atoms. The third kappa shape index (κ3) is 5.10. The number of allylic oxidation sites excluding steroid dienone is 4. The number of hydrogen-bond donors (Lipinski definition) is 2. The van der Waals surface area contributed by atoms with Gasteiger partial charge >= 0.3 is 0 Å². The fourth-order valence-electron chi connectivity index (χ4n) is 5.43. The molecule has 5 heteroatoms. The molecule has 190 valence electrons. The van der Waals surface area contributed by atoms with Crippen molar-refractivity contribution in [2.24, 2.45) is 0 Å². The highest BCUT2D eigenvalue weighted by molar-refractivity contribution is 5.70. The molecule has 1 heterocycles. The van der Waals surface area contributed by atoms with E-state index in [2.05, 4.69) is 72.8 Å². The summed E-state index contributed by atoms with van der Waals surface area (Å²) in [6, 6.07) is 21.4. The molecule has 0 aliphatic heterocycles. The van der Waals surface area contributed by atoms with Crippen LogP contribution >= 0.6 is 0 Å². The van der Waals surface area contributed by atoms with E-state index in [1.54, 1.807) is 6.07 Å². The van der Waals surface area contributed by atoms with E-state index in [1.165, 1.54) is 42.5 Å². The minimum atomic E-state index is -0.0757. The normalized spacial score (nSPS) is 18.9. The minimum absolute atomic E-state index is 0.0127. The maximum atomic E-state index is 10.6. The quantitative estimate of drug-likeness (QED) is 0.271. The van der Waals surface area contributed by atoms with Crippen molar-refractivity contribution < 1.29 is 10.2 Å². The lowest BCUT2D eigenvalue weighted by Gasteiger charge is -2.18. The molecule has 4 aromatic rings. The lowest BCUT2D eigenvalue weighted by molar-refractivity contribution is 0.451. The Morgan fingerprint density at radius 2 is 1.32 bits per heavy atom. The average molecular weight is 502 g/mol. The number of aromatic nitrogens is 3. The van der Waals surface area contributed by atoms with Crippen molar-refractivity contribution in [3.05, 3.63) is 102 Å². The molecule has 38 heavy (non-hydrogen) atoms. The van der Waals surface area contributed by atoms with E-state index in [1.807, 2.05) is 0 Å². The van der Waals surface area contributed by atoms with Gasteiger partial charge in [0.05, 0.1) is 5.56 Å². The summed E-state index contributed by atoms with van der Waals surface area (Å²) >= 11 is 0. The summed E-state index contributed by atoms with van der Waals surface area (Å²) in [7, 11) is 0. The van der Waals surface area contributed by atoms with Crippen molar-refractivity contribution in [3.8, 4) is 45.7 Å². The number of hydrogen-bond acceptors (Lipinski definition) is 5. The van der Waals surface area contributed by atoms with Gasteiger partial charge in [-0.1, -0.05) is 72.8 Å². The van der Waals surface area contributed by atoms with Gasteiger partial charge in [0.2, 0.25) is 0 Å². The van der Waals surface area contributed by atoms with Gasteiger partial charge in [-0.2, -0.15) is 0 Å². The Morgan fingerprint density at radius 3 is 1.92 bits per heavy atom. The summed E-state index contributed by atoms with van der Waals surface area (Å²) in [6.45, 7) is 0. The molecule has 2 aliphatic rings. The Hall–Kier alpha value is -4.25. The average Bonchev–Trinajstić information content (AvgIpc) is 2.98. The van der Waals surface area contributed by atoms with Crippen LogP contribution in [0, 0.1) is 0 Å². The highest BCUT2D eigenvalue weighted by atomic mass is 16.3. The molecule has 0 radical (unpaired) electrons. The van der Waals surface area contributed by atoms with Crippen LogP contribution in [-0.4, -0.2) is 25.2 Å². The van der Waals surface area contributed by atoms with Crippen LogP contribution < -0.4 is 0 Å². The number of aromatic hydroxyl groups is 2. The van der Waals surface area contributed by atoms with Crippen molar-refractivity contribution in [2.75, 3.05) is 0 Å². The third-order valence-electron chi connectivity index (χ3n) is 7.62. The first-order valence-corrected chi connectivity index (χ1v) is 13.4. The second-order valence-corrected chi connectivity index (χ2v) is 10.2. The second-order valence-electron chi connectivity index (χ2n) is 10.2. The molecule has 2 aliphatic carbocycles. The summed E-state index contributed by atoms with van der Waals surface area (Å²) in [6.07, 6.45) is 16.0. The second kappa shape index (κ2) is 10.6. The monoisotopic (exact) mass is 501 g/mol. The van der Waals surface area contributed by atoms with Crippen LogP contribution in [0.2, 0.25) is 0 Å². The first-order chi connectivity index (χ1) is 18.6. The Morgan fingerprint density at radius 1 is 0.632 bits per heavy atom. The van der Waals surface area contributed by atoms with Crippen LogP contribution in [0.5, 0.6) is 11.5 Å². The van der Waals surface area contributed by atoms with Crippen molar-refractivity contribution in [3.63, 3.8) is 0 Å². The fourth-order valence-corrected chi connectivity index (χ4v) is 5.43. The zero-order valence-corrected chi connectivity index (χ0v) is 21.3.